The molecule has 0 unspecified atom stereocenters. The molecule has 0 fully saturated rings. The fraction of sp³-hybridized carbons (Fsp3) is 0.471. The molecule has 1 aromatic rings. The van der Waals surface area contributed by atoms with Gasteiger partial charge in [-0.1, -0.05) is 11.6 Å². The Kier molecular flexibility index (Phi) is 7.70. The van der Waals surface area contributed by atoms with Gasteiger partial charge in [-0.2, -0.15) is 0 Å². The van der Waals surface area contributed by atoms with E-state index in [1.807, 2.05) is 0 Å². The van der Waals surface area contributed by atoms with Crippen LogP contribution in [-0.4, -0.2) is 48.3 Å². The number of ketones is 1. The minimum Gasteiger partial charge on any atom is -0.505 e. The van der Waals surface area contributed by atoms with Crippen LogP contribution in [0.1, 0.15) is 38.1 Å². The zero-order valence-corrected chi connectivity index (χ0v) is 15.8. The number of benzene rings is 1. The summed E-state index contributed by atoms with van der Waals surface area (Å²) in [5.74, 6) is -1.66. The number of aromatic hydroxyl groups is 1. The van der Waals surface area contributed by atoms with Gasteiger partial charge in [-0.15, -0.1) is 0 Å². The number of hydrogen-bond donors (Lipinski definition) is 2. The van der Waals surface area contributed by atoms with Crippen LogP contribution < -0.4 is 10.1 Å². The number of nitrogens with one attached hydrogen (secondary N) is 1. The summed E-state index contributed by atoms with van der Waals surface area (Å²) in [5, 5.41) is 12.1. The number of phenols is 1. The number of alkyl carbamates (subject to hydrolysis) is 1. The molecule has 0 aromatic heterocycles. The summed E-state index contributed by atoms with van der Waals surface area (Å²) >= 11 is 5.96. The Bertz CT molecular complexity index is 682. The maximum Gasteiger partial charge on any atom is 0.408 e. The van der Waals surface area contributed by atoms with Crippen LogP contribution in [0.3, 0.4) is 0 Å². The lowest BCUT2D eigenvalue weighted by Crippen LogP contribution is -2.35. The van der Waals surface area contributed by atoms with Gasteiger partial charge in [0.05, 0.1) is 18.7 Å². The molecule has 26 heavy (non-hydrogen) atoms. The molecule has 0 radical (unpaired) electrons. The van der Waals surface area contributed by atoms with Crippen molar-refractivity contribution < 1.29 is 33.7 Å². The molecule has 0 saturated carbocycles. The van der Waals surface area contributed by atoms with Crippen molar-refractivity contribution in [2.45, 2.75) is 33.3 Å². The zero-order valence-electron chi connectivity index (χ0n) is 15.1. The fourth-order valence-electron chi connectivity index (χ4n) is 1.78. The largest absolute Gasteiger partial charge is 0.505 e. The molecule has 0 aliphatic carbocycles. The smallest absolute Gasteiger partial charge is 0.408 e. The van der Waals surface area contributed by atoms with E-state index < -0.39 is 29.2 Å². The van der Waals surface area contributed by atoms with Crippen LogP contribution in [0.15, 0.2) is 12.1 Å². The third kappa shape index (κ3) is 6.79. The van der Waals surface area contributed by atoms with Crippen molar-refractivity contribution in [2.75, 3.05) is 19.8 Å². The summed E-state index contributed by atoms with van der Waals surface area (Å²) in [6.07, 6.45) is -0.758. The first kappa shape index (κ1) is 21.6. The molecule has 0 atom stereocenters. The summed E-state index contributed by atoms with van der Waals surface area (Å²) in [7, 11) is 0. The van der Waals surface area contributed by atoms with Crippen molar-refractivity contribution in [2.24, 2.45) is 0 Å². The number of carbonyl (C=O) groups is 3. The summed E-state index contributed by atoms with van der Waals surface area (Å²) in [4.78, 5) is 35.0. The number of ether oxygens (including phenoxy) is 3. The van der Waals surface area contributed by atoms with Gasteiger partial charge < -0.3 is 24.6 Å². The molecule has 1 rings (SSSR count). The minimum atomic E-state index is -0.758. The summed E-state index contributed by atoms with van der Waals surface area (Å²) in [6.45, 7) is 6.16. The third-order valence-corrected chi connectivity index (χ3v) is 3.19. The molecule has 0 bridgehead atoms. The molecule has 0 aliphatic heterocycles. The van der Waals surface area contributed by atoms with Gasteiger partial charge in [-0.25, -0.2) is 9.59 Å². The fourth-order valence-corrected chi connectivity index (χ4v) is 2.00. The number of amides is 1. The highest BCUT2D eigenvalue weighted by atomic mass is 35.5. The van der Waals surface area contributed by atoms with Crippen molar-refractivity contribution in [3.05, 3.63) is 22.7 Å². The SMILES string of the molecule is CCOC(=O)COc1ccc(C(=O)CNC(=O)OC(C)(C)C)c(O)c1Cl. The molecular formula is C17H22ClNO7. The van der Waals surface area contributed by atoms with Crippen molar-refractivity contribution in [3.8, 4) is 11.5 Å². The number of esters is 1. The lowest BCUT2D eigenvalue weighted by Gasteiger charge is -2.19. The predicted molar refractivity (Wildman–Crippen MR) is 93.8 cm³/mol. The van der Waals surface area contributed by atoms with Crippen molar-refractivity contribution in [3.63, 3.8) is 0 Å². The molecular weight excluding hydrogens is 366 g/mol. The number of phenolic OH excluding ortho intramolecular Hbond substituents is 1. The first-order chi connectivity index (χ1) is 12.0. The molecule has 1 amide bonds. The minimum absolute atomic E-state index is 0.0221. The van der Waals surface area contributed by atoms with Crippen LogP contribution in [0.5, 0.6) is 11.5 Å². The average molecular weight is 388 g/mol. The van der Waals surface area contributed by atoms with E-state index in [2.05, 4.69) is 5.32 Å². The molecule has 0 spiro atoms. The third-order valence-electron chi connectivity index (χ3n) is 2.82. The van der Waals surface area contributed by atoms with Crippen LogP contribution in [0, 0.1) is 0 Å². The van der Waals surface area contributed by atoms with E-state index in [9.17, 15) is 19.5 Å². The van der Waals surface area contributed by atoms with Gasteiger partial charge in [0, 0.05) is 0 Å². The Morgan fingerprint density at radius 1 is 1.23 bits per heavy atom. The van der Waals surface area contributed by atoms with Crippen molar-refractivity contribution >= 4 is 29.4 Å². The van der Waals surface area contributed by atoms with E-state index >= 15 is 0 Å². The van der Waals surface area contributed by atoms with Crippen LogP contribution >= 0.6 is 11.6 Å². The van der Waals surface area contributed by atoms with E-state index in [1.54, 1.807) is 27.7 Å². The van der Waals surface area contributed by atoms with E-state index in [0.717, 1.165) is 0 Å². The zero-order chi connectivity index (χ0) is 19.9. The van der Waals surface area contributed by atoms with Gasteiger partial charge in [0.2, 0.25) is 0 Å². The summed E-state index contributed by atoms with van der Waals surface area (Å²) < 4.78 is 14.9. The first-order valence-electron chi connectivity index (χ1n) is 7.85. The number of rotatable bonds is 7. The average Bonchev–Trinajstić information content (AvgIpc) is 2.52. The van der Waals surface area contributed by atoms with Crippen LogP contribution in [0.25, 0.3) is 0 Å². The van der Waals surface area contributed by atoms with Crippen LogP contribution in [-0.2, 0) is 14.3 Å². The normalized spacial score (nSPS) is 10.8. The molecule has 0 aliphatic rings. The molecule has 8 nitrogen and oxygen atoms in total. The van der Waals surface area contributed by atoms with E-state index in [1.165, 1.54) is 12.1 Å². The number of halogens is 1. The Labute approximate surface area is 156 Å². The second-order valence-corrected chi connectivity index (χ2v) is 6.52. The second kappa shape index (κ2) is 9.28. The van der Waals surface area contributed by atoms with Crippen LogP contribution in [0.4, 0.5) is 4.79 Å². The maximum atomic E-state index is 12.1. The second-order valence-electron chi connectivity index (χ2n) is 6.15. The molecule has 9 heteroatoms. The Morgan fingerprint density at radius 3 is 2.46 bits per heavy atom. The van der Waals surface area contributed by atoms with Gasteiger partial charge in [0.1, 0.15) is 22.1 Å². The monoisotopic (exact) mass is 387 g/mol. The highest BCUT2D eigenvalue weighted by Crippen LogP contribution is 2.36. The lowest BCUT2D eigenvalue weighted by molar-refractivity contribution is -0.145. The van der Waals surface area contributed by atoms with Gasteiger partial charge in [-0.05, 0) is 39.8 Å². The Balaban J connectivity index is 2.73. The maximum absolute atomic E-state index is 12.1. The molecule has 0 heterocycles. The predicted octanol–water partition coefficient (Wildman–Crippen LogP) is 2.69. The lowest BCUT2D eigenvalue weighted by atomic mass is 10.1. The standard InChI is InChI=1S/C17H22ClNO7/c1-5-24-13(21)9-25-12-7-6-10(15(22)14(12)18)11(20)8-19-16(23)26-17(2,3)4/h6-7,22H,5,8-9H2,1-4H3,(H,19,23). The Hall–Kier alpha value is -2.48. The number of carbonyl (C=O) groups excluding carboxylic acids is 3. The topological polar surface area (TPSA) is 111 Å². The molecule has 0 saturated heterocycles. The van der Waals surface area contributed by atoms with Gasteiger partial charge in [-0.3, -0.25) is 4.79 Å². The number of Topliss-reactive ketones (excluding diaryl/α,β-unsaturated/α-hetero) is 1. The van der Waals surface area contributed by atoms with Crippen molar-refractivity contribution in [1.29, 1.82) is 0 Å². The number of hydrogen-bond acceptors (Lipinski definition) is 7. The highest BCUT2D eigenvalue weighted by Gasteiger charge is 2.20. The first-order valence-corrected chi connectivity index (χ1v) is 8.23. The summed E-state index contributed by atoms with van der Waals surface area (Å²) in [5.41, 5.74) is -0.800. The quantitative estimate of drug-likeness (QED) is 0.546. The van der Waals surface area contributed by atoms with Crippen LogP contribution in [0.2, 0.25) is 5.02 Å². The molecule has 2 N–H and O–H groups in total. The highest BCUT2D eigenvalue weighted by molar-refractivity contribution is 6.34. The Morgan fingerprint density at radius 2 is 1.88 bits per heavy atom. The van der Waals surface area contributed by atoms with Gasteiger partial charge in [0.15, 0.2) is 12.4 Å². The van der Waals surface area contributed by atoms with E-state index in [-0.39, 0.29) is 36.1 Å². The molecule has 144 valence electrons. The summed E-state index contributed by atoms with van der Waals surface area (Å²) in [6, 6.07) is 2.61. The van der Waals surface area contributed by atoms with E-state index in [4.69, 9.17) is 25.8 Å². The van der Waals surface area contributed by atoms with Gasteiger partial charge in [0.25, 0.3) is 0 Å². The van der Waals surface area contributed by atoms with Gasteiger partial charge >= 0.3 is 12.1 Å². The molecule has 1 aromatic carbocycles. The van der Waals surface area contributed by atoms with E-state index in [0.29, 0.717) is 0 Å². The van der Waals surface area contributed by atoms with Crippen molar-refractivity contribution in [1.82, 2.24) is 5.32 Å².